The highest BCUT2D eigenvalue weighted by Crippen LogP contribution is 2.29. The molecular weight excluding hydrogens is 404 g/mol. The molecule has 0 spiro atoms. The van der Waals surface area contributed by atoms with Crippen LogP contribution in [0.2, 0.25) is 0 Å². The average Bonchev–Trinajstić information content (AvgIpc) is 3.25. The van der Waals surface area contributed by atoms with Crippen LogP contribution in [0.1, 0.15) is 31.6 Å². The summed E-state index contributed by atoms with van der Waals surface area (Å²) in [6.45, 7) is 6.38. The molecule has 1 aliphatic heterocycles. The van der Waals surface area contributed by atoms with E-state index in [2.05, 4.69) is 37.3 Å². The minimum atomic E-state index is 0.0423. The summed E-state index contributed by atoms with van der Waals surface area (Å²) in [6.07, 6.45) is 5.68. The van der Waals surface area contributed by atoms with Gasteiger partial charge in [0.1, 0.15) is 12.0 Å². The lowest BCUT2D eigenvalue weighted by atomic mass is 9.84. The molecule has 8 heteroatoms. The Morgan fingerprint density at radius 3 is 2.56 bits per heavy atom. The van der Waals surface area contributed by atoms with Crippen molar-refractivity contribution >= 4 is 22.6 Å². The normalized spacial score (nSPS) is 22.8. The molecule has 0 radical (unpaired) electrons. The first-order chi connectivity index (χ1) is 15.5. The molecule has 5 rings (SSSR count). The highest BCUT2D eigenvalue weighted by molar-refractivity contribution is 5.94. The predicted molar refractivity (Wildman–Crippen MR) is 123 cm³/mol. The maximum absolute atomic E-state index is 12.9. The summed E-state index contributed by atoms with van der Waals surface area (Å²) in [5, 5.41) is 12.4. The third-order valence-corrected chi connectivity index (χ3v) is 6.87. The van der Waals surface area contributed by atoms with Crippen molar-refractivity contribution in [3.05, 3.63) is 36.4 Å². The predicted octanol–water partition coefficient (Wildman–Crippen LogP) is 3.34. The van der Waals surface area contributed by atoms with E-state index in [0.29, 0.717) is 17.8 Å². The van der Waals surface area contributed by atoms with E-state index in [1.807, 2.05) is 31.2 Å². The number of amides is 1. The molecule has 168 valence electrons. The number of piperazine rings is 1. The van der Waals surface area contributed by atoms with E-state index in [9.17, 15) is 4.79 Å². The number of fused-ring (bicyclic) bond motifs is 1. The highest BCUT2D eigenvalue weighted by Gasteiger charge is 2.30. The molecule has 0 atom stereocenters. The second-order valence-electron chi connectivity index (χ2n) is 9.09. The van der Waals surface area contributed by atoms with Gasteiger partial charge in [0.2, 0.25) is 5.91 Å². The molecule has 32 heavy (non-hydrogen) atoms. The summed E-state index contributed by atoms with van der Waals surface area (Å²) in [5.74, 6) is 1.22. The van der Waals surface area contributed by atoms with Gasteiger partial charge in [-0.1, -0.05) is 6.07 Å². The molecule has 2 aliphatic rings. The third-order valence-electron chi connectivity index (χ3n) is 6.87. The average molecular weight is 435 g/mol. The molecule has 1 saturated heterocycles. The zero-order valence-corrected chi connectivity index (χ0v) is 18.8. The number of benzene rings is 1. The van der Waals surface area contributed by atoms with Crippen molar-refractivity contribution in [3.8, 4) is 11.3 Å². The van der Waals surface area contributed by atoms with Gasteiger partial charge in [-0.2, -0.15) is 0 Å². The van der Waals surface area contributed by atoms with Crippen LogP contribution in [0.15, 0.2) is 34.9 Å². The molecule has 1 amide bonds. The number of hydrogen-bond acceptors (Lipinski definition) is 7. The smallest absolute Gasteiger partial charge is 0.228 e. The summed E-state index contributed by atoms with van der Waals surface area (Å²) in [7, 11) is 2.18. The van der Waals surface area contributed by atoms with Crippen LogP contribution in [0.4, 0.5) is 5.82 Å². The number of aryl methyl sites for hydroxylation is 1. The van der Waals surface area contributed by atoms with Gasteiger partial charge < -0.3 is 14.6 Å². The van der Waals surface area contributed by atoms with Crippen LogP contribution >= 0.6 is 0 Å². The fourth-order valence-corrected chi connectivity index (χ4v) is 4.88. The van der Waals surface area contributed by atoms with Gasteiger partial charge in [0, 0.05) is 56.0 Å². The van der Waals surface area contributed by atoms with Gasteiger partial charge in [0.15, 0.2) is 11.7 Å². The number of carbonyl (C=O) groups excluding carboxylic acids is 1. The Morgan fingerprint density at radius 2 is 1.84 bits per heavy atom. The van der Waals surface area contributed by atoms with Crippen LogP contribution in [0, 0.1) is 12.8 Å². The Kier molecular flexibility index (Phi) is 5.89. The van der Waals surface area contributed by atoms with Crippen molar-refractivity contribution in [2.45, 2.75) is 38.6 Å². The minimum absolute atomic E-state index is 0.0423. The Balaban J connectivity index is 1.22. The van der Waals surface area contributed by atoms with E-state index in [-0.39, 0.29) is 11.8 Å². The Bertz CT molecular complexity index is 1100. The van der Waals surface area contributed by atoms with E-state index in [1.54, 1.807) is 6.26 Å². The second kappa shape index (κ2) is 8.96. The molecule has 1 saturated carbocycles. The van der Waals surface area contributed by atoms with E-state index in [4.69, 9.17) is 4.42 Å². The molecule has 3 heterocycles. The number of oxazole rings is 1. The number of anilines is 1. The van der Waals surface area contributed by atoms with Crippen molar-refractivity contribution in [1.82, 2.24) is 25.0 Å². The van der Waals surface area contributed by atoms with Crippen molar-refractivity contribution in [3.63, 3.8) is 0 Å². The molecule has 2 aromatic heterocycles. The van der Waals surface area contributed by atoms with Crippen molar-refractivity contribution in [2.75, 3.05) is 38.5 Å². The molecular formula is C24H30N6O2. The maximum atomic E-state index is 12.9. The summed E-state index contributed by atoms with van der Waals surface area (Å²) < 4.78 is 5.32. The van der Waals surface area contributed by atoms with E-state index in [0.717, 1.165) is 74.0 Å². The number of carbonyl (C=O) groups is 1. The first-order valence-electron chi connectivity index (χ1n) is 11.5. The summed E-state index contributed by atoms with van der Waals surface area (Å²) in [5.41, 5.74) is 2.51. The number of nitrogens with one attached hydrogen (secondary N) is 1. The first kappa shape index (κ1) is 21.0. The van der Waals surface area contributed by atoms with Crippen LogP contribution in [0.5, 0.6) is 0 Å². The van der Waals surface area contributed by atoms with Crippen LogP contribution in [-0.2, 0) is 4.79 Å². The highest BCUT2D eigenvalue weighted by atomic mass is 16.3. The van der Waals surface area contributed by atoms with Crippen LogP contribution in [-0.4, -0.2) is 70.2 Å². The SMILES string of the molecule is Cc1nc(-c2ccc3nnc(NC(=O)[C@H]4CC[C@H](N5CCN(C)CC5)CC4)cc3c2)co1. The van der Waals surface area contributed by atoms with Crippen molar-refractivity contribution in [1.29, 1.82) is 0 Å². The van der Waals surface area contributed by atoms with Gasteiger partial charge >= 0.3 is 0 Å². The number of hydrogen-bond donors (Lipinski definition) is 1. The van der Waals surface area contributed by atoms with Crippen LogP contribution in [0.3, 0.4) is 0 Å². The van der Waals surface area contributed by atoms with Gasteiger partial charge in [0.05, 0.1) is 5.52 Å². The van der Waals surface area contributed by atoms with Crippen molar-refractivity contribution in [2.24, 2.45) is 5.92 Å². The van der Waals surface area contributed by atoms with E-state index >= 15 is 0 Å². The number of nitrogens with zero attached hydrogens (tertiary/aromatic N) is 5. The van der Waals surface area contributed by atoms with Gasteiger partial charge in [-0.05, 0) is 50.9 Å². The van der Waals surface area contributed by atoms with Crippen LogP contribution in [0.25, 0.3) is 22.2 Å². The lowest BCUT2D eigenvalue weighted by molar-refractivity contribution is -0.121. The molecule has 1 aliphatic carbocycles. The summed E-state index contributed by atoms with van der Waals surface area (Å²) in [6, 6.07) is 8.36. The molecule has 8 nitrogen and oxygen atoms in total. The zero-order valence-electron chi connectivity index (χ0n) is 18.8. The number of aromatic nitrogens is 3. The first-order valence-corrected chi connectivity index (χ1v) is 11.5. The quantitative estimate of drug-likeness (QED) is 0.674. The molecule has 1 N–H and O–H groups in total. The standard InChI is InChI=1S/C24H30N6O2/c1-16-25-22(15-32-16)18-5-8-21-19(13-18)14-23(28-27-21)26-24(31)17-3-6-20(7-4-17)30-11-9-29(2)10-12-30/h5,8,13-15,17,20H,3-4,6-7,9-12H2,1-2H3,(H,26,28,31)/t17-,20-. The monoisotopic (exact) mass is 434 g/mol. The topological polar surface area (TPSA) is 87.4 Å². The molecule has 0 bridgehead atoms. The molecule has 2 fully saturated rings. The fraction of sp³-hybridized carbons (Fsp3) is 0.500. The maximum Gasteiger partial charge on any atom is 0.228 e. The Hall–Kier alpha value is -2.84. The van der Waals surface area contributed by atoms with Crippen molar-refractivity contribution < 1.29 is 9.21 Å². The third kappa shape index (κ3) is 4.52. The fourth-order valence-electron chi connectivity index (χ4n) is 4.88. The van der Waals surface area contributed by atoms with Gasteiger partial charge in [-0.25, -0.2) is 4.98 Å². The van der Waals surface area contributed by atoms with E-state index < -0.39 is 0 Å². The van der Waals surface area contributed by atoms with Crippen LogP contribution < -0.4 is 5.32 Å². The number of likely N-dealkylation sites (N-methyl/N-ethyl adjacent to an activating group) is 1. The molecule has 0 unspecified atom stereocenters. The second-order valence-corrected chi connectivity index (χ2v) is 9.09. The summed E-state index contributed by atoms with van der Waals surface area (Å²) >= 11 is 0. The zero-order chi connectivity index (χ0) is 22.1. The lowest BCUT2D eigenvalue weighted by Crippen LogP contribution is -2.50. The van der Waals surface area contributed by atoms with E-state index in [1.165, 1.54) is 0 Å². The summed E-state index contributed by atoms with van der Waals surface area (Å²) in [4.78, 5) is 22.3. The van der Waals surface area contributed by atoms with Gasteiger partial charge in [-0.3, -0.25) is 9.69 Å². The minimum Gasteiger partial charge on any atom is -0.449 e. The molecule has 3 aromatic rings. The Morgan fingerprint density at radius 1 is 1.06 bits per heavy atom. The molecule has 1 aromatic carbocycles. The Labute approximate surface area is 188 Å². The van der Waals surface area contributed by atoms with Gasteiger partial charge in [0.25, 0.3) is 0 Å². The number of rotatable bonds is 4. The van der Waals surface area contributed by atoms with Gasteiger partial charge in [-0.15, -0.1) is 10.2 Å². The largest absolute Gasteiger partial charge is 0.449 e. The lowest BCUT2D eigenvalue weighted by Gasteiger charge is -2.40.